The zero-order valence-corrected chi connectivity index (χ0v) is 6.22. The number of nitrogens with zero attached hydrogens (tertiary/aromatic N) is 2. The van der Waals surface area contributed by atoms with Gasteiger partial charge in [-0.1, -0.05) is 6.92 Å². The van der Waals surface area contributed by atoms with Gasteiger partial charge >= 0.3 is 0 Å². The normalized spacial score (nSPS) is 7.33. The average molecular weight is 126 g/mol. The van der Waals surface area contributed by atoms with Crippen LogP contribution in [0.1, 0.15) is 6.92 Å². The fourth-order valence-corrected chi connectivity index (χ4v) is 0.233. The van der Waals surface area contributed by atoms with Crippen molar-refractivity contribution in [2.45, 2.75) is 6.92 Å². The second kappa shape index (κ2) is 10.2. The summed E-state index contributed by atoms with van der Waals surface area (Å²) in [7, 11) is 1.92. The van der Waals surface area contributed by atoms with Gasteiger partial charge in [-0.3, -0.25) is 4.90 Å². The first-order valence-corrected chi connectivity index (χ1v) is 2.86. The van der Waals surface area contributed by atoms with E-state index in [0.717, 1.165) is 6.54 Å². The molecule has 0 spiro atoms. The largest absolute Gasteiger partial charge is 0.294 e. The maximum Gasteiger partial charge on any atom is 0.0863 e. The molecule has 2 heteroatoms. The minimum absolute atomic E-state index is 0.538. The third kappa shape index (κ3) is 11.0. The molecule has 0 aromatic rings. The molecule has 0 atom stereocenters. The van der Waals surface area contributed by atoms with Crippen LogP contribution in [0.4, 0.5) is 0 Å². The van der Waals surface area contributed by atoms with Crippen LogP contribution < -0.4 is 0 Å². The average Bonchev–Trinajstić information content (AvgIpc) is 1.93. The van der Waals surface area contributed by atoms with Crippen LogP contribution in [0.3, 0.4) is 0 Å². The van der Waals surface area contributed by atoms with Gasteiger partial charge in [-0.25, -0.2) is 0 Å². The Hall–Kier alpha value is -0.810. The van der Waals surface area contributed by atoms with E-state index in [9.17, 15) is 0 Å². The monoisotopic (exact) mass is 126 g/mol. The van der Waals surface area contributed by atoms with Gasteiger partial charge in [0.25, 0.3) is 0 Å². The topological polar surface area (TPSA) is 27.0 Å². The molecule has 0 aliphatic carbocycles. The molecule has 0 saturated carbocycles. The summed E-state index contributed by atoms with van der Waals surface area (Å²) in [4.78, 5) is 1.94. The molecule has 0 fully saturated rings. The molecule has 0 bridgehead atoms. The van der Waals surface area contributed by atoms with Crippen LogP contribution in [-0.2, 0) is 0 Å². The van der Waals surface area contributed by atoms with Crippen molar-refractivity contribution >= 4 is 0 Å². The van der Waals surface area contributed by atoms with Crippen molar-refractivity contribution in [3.63, 3.8) is 0 Å². The van der Waals surface area contributed by atoms with Crippen molar-refractivity contribution in [1.82, 2.24) is 4.90 Å². The Morgan fingerprint density at radius 3 is 2.11 bits per heavy atom. The molecule has 0 amide bonds. The standard InChI is InChI=1S/C5H10N2.C2H4/c1-3-7(2)5-4-6;1-2/h3,5H2,1-2H3;1-2H2. The molecule has 2 nitrogen and oxygen atoms in total. The van der Waals surface area contributed by atoms with Crippen molar-refractivity contribution in [3.05, 3.63) is 13.2 Å². The van der Waals surface area contributed by atoms with E-state index >= 15 is 0 Å². The molecule has 0 aliphatic rings. The van der Waals surface area contributed by atoms with Crippen LogP contribution in [0.25, 0.3) is 0 Å². The third-order valence-corrected chi connectivity index (χ3v) is 0.880. The first-order chi connectivity index (χ1) is 4.31. The van der Waals surface area contributed by atoms with Crippen LogP contribution in [0.5, 0.6) is 0 Å². The van der Waals surface area contributed by atoms with Gasteiger partial charge in [-0.05, 0) is 13.6 Å². The van der Waals surface area contributed by atoms with E-state index in [4.69, 9.17) is 5.26 Å². The summed E-state index contributed by atoms with van der Waals surface area (Å²) in [6, 6.07) is 2.04. The van der Waals surface area contributed by atoms with E-state index in [-0.39, 0.29) is 0 Å². The van der Waals surface area contributed by atoms with E-state index in [1.807, 2.05) is 24.9 Å². The molecule has 0 saturated heterocycles. The Morgan fingerprint density at radius 2 is 2.00 bits per heavy atom. The molecule has 0 rings (SSSR count). The Bertz CT molecular complexity index is 83.4. The van der Waals surface area contributed by atoms with Crippen molar-refractivity contribution in [3.8, 4) is 6.07 Å². The molecule has 9 heavy (non-hydrogen) atoms. The van der Waals surface area contributed by atoms with E-state index in [0.29, 0.717) is 6.54 Å². The highest BCUT2D eigenvalue weighted by Crippen LogP contribution is 1.74. The second-order valence-corrected chi connectivity index (χ2v) is 1.49. The Balaban J connectivity index is 0. The number of hydrogen-bond donors (Lipinski definition) is 0. The molecule has 0 aliphatic heterocycles. The van der Waals surface area contributed by atoms with Crippen molar-refractivity contribution < 1.29 is 0 Å². The summed E-state index contributed by atoms with van der Waals surface area (Å²) in [5.41, 5.74) is 0. The molecule has 0 heterocycles. The summed E-state index contributed by atoms with van der Waals surface area (Å²) >= 11 is 0. The molecule has 0 aromatic heterocycles. The Morgan fingerprint density at radius 1 is 1.56 bits per heavy atom. The highest BCUT2D eigenvalue weighted by Gasteiger charge is 1.86. The SMILES string of the molecule is C=C.CCN(C)CC#N. The van der Waals surface area contributed by atoms with Crippen LogP contribution >= 0.6 is 0 Å². The Labute approximate surface area is 57.4 Å². The van der Waals surface area contributed by atoms with E-state index in [1.54, 1.807) is 0 Å². The fourth-order valence-electron chi connectivity index (χ4n) is 0.233. The lowest BCUT2D eigenvalue weighted by Crippen LogP contribution is -2.16. The molecule has 0 aromatic carbocycles. The van der Waals surface area contributed by atoms with Gasteiger partial charge < -0.3 is 0 Å². The third-order valence-electron chi connectivity index (χ3n) is 0.880. The lowest BCUT2D eigenvalue weighted by atomic mass is 10.6. The summed E-state index contributed by atoms with van der Waals surface area (Å²) in [6.07, 6.45) is 0. The van der Waals surface area contributed by atoms with Crippen LogP contribution in [0.2, 0.25) is 0 Å². The van der Waals surface area contributed by atoms with E-state index < -0.39 is 0 Å². The van der Waals surface area contributed by atoms with E-state index in [1.165, 1.54) is 0 Å². The second-order valence-electron chi connectivity index (χ2n) is 1.49. The van der Waals surface area contributed by atoms with Gasteiger partial charge in [-0.2, -0.15) is 5.26 Å². The summed E-state index contributed by atoms with van der Waals surface area (Å²) in [5, 5.41) is 8.08. The molecular weight excluding hydrogens is 112 g/mol. The van der Waals surface area contributed by atoms with Crippen LogP contribution in [0, 0.1) is 11.3 Å². The number of hydrogen-bond acceptors (Lipinski definition) is 2. The van der Waals surface area contributed by atoms with Crippen molar-refractivity contribution in [1.29, 1.82) is 5.26 Å². The van der Waals surface area contributed by atoms with Gasteiger partial charge in [0.15, 0.2) is 0 Å². The number of rotatable bonds is 2. The smallest absolute Gasteiger partial charge is 0.0863 e. The minimum atomic E-state index is 0.538. The highest BCUT2D eigenvalue weighted by molar-refractivity contribution is 4.72. The number of nitriles is 1. The van der Waals surface area contributed by atoms with Gasteiger partial charge in [0.1, 0.15) is 0 Å². The van der Waals surface area contributed by atoms with Crippen LogP contribution in [-0.4, -0.2) is 25.0 Å². The van der Waals surface area contributed by atoms with E-state index in [2.05, 4.69) is 13.2 Å². The zero-order valence-electron chi connectivity index (χ0n) is 6.22. The van der Waals surface area contributed by atoms with Gasteiger partial charge in [-0.15, -0.1) is 13.2 Å². The Kier molecular flexibility index (Phi) is 12.6. The summed E-state index contributed by atoms with van der Waals surface area (Å²) in [5.74, 6) is 0. The zero-order chi connectivity index (χ0) is 7.70. The van der Waals surface area contributed by atoms with Crippen LogP contribution in [0.15, 0.2) is 13.2 Å². The predicted octanol–water partition coefficient (Wildman–Crippen LogP) is 1.26. The molecular formula is C7H14N2. The minimum Gasteiger partial charge on any atom is -0.294 e. The van der Waals surface area contributed by atoms with Gasteiger partial charge in [0.05, 0.1) is 12.6 Å². The lowest BCUT2D eigenvalue weighted by molar-refractivity contribution is 0.396. The summed E-state index contributed by atoms with van der Waals surface area (Å²) < 4.78 is 0. The molecule has 52 valence electrons. The lowest BCUT2D eigenvalue weighted by Gasteiger charge is -2.05. The van der Waals surface area contributed by atoms with Gasteiger partial charge in [0, 0.05) is 0 Å². The molecule has 0 unspecified atom stereocenters. The first-order valence-electron chi connectivity index (χ1n) is 2.86. The molecule has 0 N–H and O–H groups in total. The van der Waals surface area contributed by atoms with Crippen molar-refractivity contribution in [2.75, 3.05) is 20.1 Å². The first kappa shape index (κ1) is 11.0. The maximum absolute atomic E-state index is 8.08. The highest BCUT2D eigenvalue weighted by atomic mass is 15.1. The van der Waals surface area contributed by atoms with Gasteiger partial charge in [0.2, 0.25) is 0 Å². The molecule has 0 radical (unpaired) electrons. The maximum atomic E-state index is 8.08. The predicted molar refractivity (Wildman–Crippen MR) is 40.0 cm³/mol. The quantitative estimate of drug-likeness (QED) is 0.411. The summed E-state index contributed by atoms with van der Waals surface area (Å²) in [6.45, 7) is 9.52. The van der Waals surface area contributed by atoms with Crippen molar-refractivity contribution in [2.24, 2.45) is 0 Å². The fraction of sp³-hybridized carbons (Fsp3) is 0.571.